The Morgan fingerprint density at radius 1 is 1.25 bits per heavy atom. The summed E-state index contributed by atoms with van der Waals surface area (Å²) in [5.41, 5.74) is 0.0944. The molecule has 1 aromatic rings. The number of hydrogen-bond acceptors (Lipinski definition) is 2. The summed E-state index contributed by atoms with van der Waals surface area (Å²) in [5.74, 6) is -1.99. The van der Waals surface area contributed by atoms with E-state index in [2.05, 4.69) is 0 Å². The van der Waals surface area contributed by atoms with Gasteiger partial charge in [0.25, 0.3) is 5.78 Å². The van der Waals surface area contributed by atoms with Crippen LogP contribution in [0.15, 0.2) is 30.3 Å². The molecule has 0 aromatic heterocycles. The zero-order valence-electron chi connectivity index (χ0n) is 7.99. The van der Waals surface area contributed by atoms with E-state index in [9.17, 15) is 22.8 Å². The summed E-state index contributed by atoms with van der Waals surface area (Å²) >= 11 is 0. The highest BCUT2D eigenvalue weighted by Gasteiger charge is 2.43. The minimum Gasteiger partial charge on any atom is -0.344 e. The lowest BCUT2D eigenvalue weighted by Gasteiger charge is -2.16. The van der Waals surface area contributed by atoms with Gasteiger partial charge in [-0.3, -0.25) is 9.59 Å². The minimum absolute atomic E-state index is 0.0707. The second-order valence-electron chi connectivity index (χ2n) is 2.99. The maximum atomic E-state index is 12.2. The molecule has 0 fully saturated rings. The lowest BCUT2D eigenvalue weighted by molar-refractivity contribution is -0.173. The first-order chi connectivity index (χ1) is 7.46. The van der Waals surface area contributed by atoms with Crippen molar-refractivity contribution in [2.75, 3.05) is 0 Å². The van der Waals surface area contributed by atoms with Gasteiger partial charge in [0.15, 0.2) is 0 Å². The first-order valence-corrected chi connectivity index (χ1v) is 4.32. The smallest absolute Gasteiger partial charge is 0.344 e. The van der Waals surface area contributed by atoms with Crippen LogP contribution in [0.2, 0.25) is 0 Å². The van der Waals surface area contributed by atoms with Gasteiger partial charge in [-0.1, -0.05) is 30.3 Å². The van der Waals surface area contributed by atoms with Gasteiger partial charge in [-0.2, -0.15) is 13.2 Å². The third kappa shape index (κ3) is 2.82. The van der Waals surface area contributed by atoms with Crippen LogP contribution in [0.4, 0.5) is 13.2 Å². The SMILES string of the molecule is O=CNC(C(=O)C(F)(F)F)c1ccccc1. The molecule has 1 amide bonds. The van der Waals surface area contributed by atoms with Gasteiger partial charge in [-0.05, 0) is 5.56 Å². The van der Waals surface area contributed by atoms with Gasteiger partial charge in [0, 0.05) is 0 Å². The molecular formula is C10H8F3NO2. The molecule has 0 heterocycles. The van der Waals surface area contributed by atoms with E-state index in [0.717, 1.165) is 0 Å². The van der Waals surface area contributed by atoms with Crippen molar-refractivity contribution < 1.29 is 22.8 Å². The number of carbonyl (C=O) groups is 2. The maximum absolute atomic E-state index is 12.2. The van der Waals surface area contributed by atoms with Crippen LogP contribution in [-0.4, -0.2) is 18.4 Å². The van der Waals surface area contributed by atoms with E-state index in [1.807, 2.05) is 5.32 Å². The Balaban J connectivity index is 3.01. The van der Waals surface area contributed by atoms with Crippen LogP contribution in [0.25, 0.3) is 0 Å². The van der Waals surface area contributed by atoms with Crippen molar-refractivity contribution in [2.24, 2.45) is 0 Å². The molecule has 1 rings (SSSR count). The fourth-order valence-electron chi connectivity index (χ4n) is 1.20. The molecule has 0 saturated heterocycles. The van der Waals surface area contributed by atoms with Crippen LogP contribution in [-0.2, 0) is 9.59 Å². The Kier molecular flexibility index (Phi) is 3.65. The van der Waals surface area contributed by atoms with Crippen molar-refractivity contribution in [3.05, 3.63) is 35.9 Å². The largest absolute Gasteiger partial charge is 0.452 e. The number of Topliss-reactive ketones (excluding diaryl/α,β-unsaturated/α-hetero) is 1. The van der Waals surface area contributed by atoms with Crippen LogP contribution in [0.3, 0.4) is 0 Å². The summed E-state index contributed by atoms with van der Waals surface area (Å²) in [6.45, 7) is 0. The maximum Gasteiger partial charge on any atom is 0.452 e. The molecule has 1 aromatic carbocycles. The molecule has 0 aliphatic carbocycles. The number of rotatable bonds is 4. The lowest BCUT2D eigenvalue weighted by atomic mass is 10.0. The number of hydrogen-bond donors (Lipinski definition) is 1. The fraction of sp³-hybridized carbons (Fsp3) is 0.200. The summed E-state index contributed by atoms with van der Waals surface area (Å²) in [6.07, 6.45) is -4.90. The van der Waals surface area contributed by atoms with E-state index < -0.39 is 18.0 Å². The Hall–Kier alpha value is -1.85. The zero-order valence-corrected chi connectivity index (χ0v) is 7.99. The molecule has 86 valence electrons. The lowest BCUT2D eigenvalue weighted by Crippen LogP contribution is -2.36. The minimum atomic E-state index is -4.98. The van der Waals surface area contributed by atoms with Crippen molar-refractivity contribution in [3.63, 3.8) is 0 Å². The number of alkyl halides is 3. The average Bonchev–Trinajstić information content (AvgIpc) is 2.25. The fourth-order valence-corrected chi connectivity index (χ4v) is 1.20. The molecule has 0 spiro atoms. The quantitative estimate of drug-likeness (QED) is 0.800. The Labute approximate surface area is 89.3 Å². The summed E-state index contributed by atoms with van der Waals surface area (Å²) in [6, 6.07) is 5.56. The van der Waals surface area contributed by atoms with Gasteiger partial charge in [0.2, 0.25) is 6.41 Å². The van der Waals surface area contributed by atoms with Crippen molar-refractivity contribution in [2.45, 2.75) is 12.2 Å². The Bertz CT molecular complexity index is 375. The van der Waals surface area contributed by atoms with Gasteiger partial charge >= 0.3 is 6.18 Å². The van der Waals surface area contributed by atoms with Crippen LogP contribution in [0.1, 0.15) is 11.6 Å². The molecule has 0 saturated carbocycles. The summed E-state index contributed by atoms with van der Waals surface area (Å²) < 4.78 is 36.6. The number of ketones is 1. The Morgan fingerprint density at radius 2 is 1.81 bits per heavy atom. The molecule has 3 nitrogen and oxygen atoms in total. The molecule has 16 heavy (non-hydrogen) atoms. The van der Waals surface area contributed by atoms with Crippen LogP contribution >= 0.6 is 0 Å². The van der Waals surface area contributed by atoms with Gasteiger partial charge in [-0.15, -0.1) is 0 Å². The second-order valence-corrected chi connectivity index (χ2v) is 2.99. The van der Waals surface area contributed by atoms with Gasteiger partial charge in [0.05, 0.1) is 0 Å². The number of amides is 1. The van der Waals surface area contributed by atoms with Crippen molar-refractivity contribution in [1.82, 2.24) is 5.32 Å². The first kappa shape index (κ1) is 12.2. The molecule has 0 radical (unpaired) electrons. The van der Waals surface area contributed by atoms with E-state index >= 15 is 0 Å². The highest BCUT2D eigenvalue weighted by molar-refractivity contribution is 5.91. The average molecular weight is 231 g/mol. The molecule has 1 atom stereocenters. The summed E-state index contributed by atoms with van der Waals surface area (Å²) in [7, 11) is 0. The monoisotopic (exact) mass is 231 g/mol. The number of halogens is 3. The van der Waals surface area contributed by atoms with E-state index in [0.29, 0.717) is 0 Å². The number of nitrogens with one attached hydrogen (secondary N) is 1. The number of carbonyl (C=O) groups excluding carboxylic acids is 2. The summed E-state index contributed by atoms with van der Waals surface area (Å²) in [5, 5.41) is 1.86. The van der Waals surface area contributed by atoms with E-state index in [1.54, 1.807) is 6.07 Å². The van der Waals surface area contributed by atoms with E-state index in [1.165, 1.54) is 24.3 Å². The molecule has 6 heteroatoms. The van der Waals surface area contributed by atoms with Gasteiger partial charge < -0.3 is 5.32 Å². The standard InChI is InChI=1S/C10H8F3NO2/c11-10(12,13)9(16)8(14-6-15)7-4-2-1-3-5-7/h1-6,8H,(H,14,15). The normalized spacial score (nSPS) is 12.9. The molecule has 1 unspecified atom stereocenters. The van der Waals surface area contributed by atoms with Crippen LogP contribution in [0.5, 0.6) is 0 Å². The molecular weight excluding hydrogens is 223 g/mol. The predicted molar refractivity (Wildman–Crippen MR) is 49.4 cm³/mol. The van der Waals surface area contributed by atoms with Crippen LogP contribution in [0, 0.1) is 0 Å². The van der Waals surface area contributed by atoms with Gasteiger partial charge in [-0.25, -0.2) is 0 Å². The molecule has 0 aliphatic heterocycles. The zero-order chi connectivity index (χ0) is 12.2. The third-order valence-corrected chi connectivity index (χ3v) is 1.91. The Morgan fingerprint density at radius 3 is 2.25 bits per heavy atom. The summed E-state index contributed by atoms with van der Waals surface area (Å²) in [4.78, 5) is 21.2. The highest BCUT2D eigenvalue weighted by Crippen LogP contribution is 2.25. The molecule has 1 N–H and O–H groups in total. The van der Waals surface area contributed by atoms with Crippen molar-refractivity contribution in [3.8, 4) is 0 Å². The van der Waals surface area contributed by atoms with E-state index in [4.69, 9.17) is 0 Å². The first-order valence-electron chi connectivity index (χ1n) is 4.32. The highest BCUT2D eigenvalue weighted by atomic mass is 19.4. The molecule has 0 aliphatic rings. The van der Waals surface area contributed by atoms with Gasteiger partial charge in [0.1, 0.15) is 6.04 Å². The predicted octanol–water partition coefficient (Wildman–Crippen LogP) is 1.61. The number of benzene rings is 1. The topological polar surface area (TPSA) is 46.2 Å². The van der Waals surface area contributed by atoms with Crippen LogP contribution < -0.4 is 5.32 Å². The van der Waals surface area contributed by atoms with E-state index in [-0.39, 0.29) is 12.0 Å². The van der Waals surface area contributed by atoms with Crippen molar-refractivity contribution in [1.29, 1.82) is 0 Å². The second kappa shape index (κ2) is 4.78. The molecule has 0 bridgehead atoms. The van der Waals surface area contributed by atoms with Crippen molar-refractivity contribution >= 4 is 12.2 Å². The third-order valence-electron chi connectivity index (χ3n) is 1.91.